The lowest BCUT2D eigenvalue weighted by Gasteiger charge is -2.09. The van der Waals surface area contributed by atoms with Gasteiger partial charge >= 0.3 is 0 Å². The van der Waals surface area contributed by atoms with Crippen molar-refractivity contribution in [3.8, 4) is 5.75 Å². The van der Waals surface area contributed by atoms with Gasteiger partial charge in [0.1, 0.15) is 11.6 Å². The number of hydrogen-bond acceptors (Lipinski definition) is 3. The van der Waals surface area contributed by atoms with Crippen molar-refractivity contribution in [3.05, 3.63) is 89.7 Å². The van der Waals surface area contributed by atoms with Crippen LogP contribution in [0.5, 0.6) is 5.75 Å². The topological polar surface area (TPSA) is 56.2 Å². The maximum Gasteiger partial charge on any atom is 0.255 e. The Morgan fingerprint density at radius 1 is 1.00 bits per heavy atom. The molecule has 3 aromatic carbocycles. The average molecular weight is 399 g/mol. The minimum Gasteiger partial charge on any atom is -0.497 e. The minimum absolute atomic E-state index is 0.154. The quantitative estimate of drug-likeness (QED) is 0.470. The van der Waals surface area contributed by atoms with Gasteiger partial charge in [-0.25, -0.2) is 4.98 Å². The summed E-state index contributed by atoms with van der Waals surface area (Å²) in [7, 11) is 1.59. The maximum absolute atomic E-state index is 12.5. The van der Waals surface area contributed by atoms with Gasteiger partial charge in [-0.1, -0.05) is 30.3 Å². The van der Waals surface area contributed by atoms with Gasteiger partial charge in [-0.2, -0.15) is 0 Å². The molecule has 0 aliphatic rings. The number of benzene rings is 3. The number of hydrogen-bond donors (Lipinski definition) is 1. The second-order valence-electron chi connectivity index (χ2n) is 7.14. The molecule has 30 heavy (non-hydrogen) atoms. The van der Waals surface area contributed by atoms with Crippen molar-refractivity contribution in [2.45, 2.75) is 26.3 Å². The molecule has 1 aromatic heterocycles. The van der Waals surface area contributed by atoms with Crippen LogP contribution in [-0.2, 0) is 19.4 Å². The molecule has 1 heterocycles. The summed E-state index contributed by atoms with van der Waals surface area (Å²) in [5.74, 6) is 1.61. The molecule has 0 unspecified atom stereocenters. The Morgan fingerprint density at radius 2 is 1.80 bits per heavy atom. The molecule has 0 fully saturated rings. The summed E-state index contributed by atoms with van der Waals surface area (Å²) in [4.78, 5) is 17.3. The summed E-state index contributed by atoms with van der Waals surface area (Å²) in [6.45, 7) is 3.06. The first-order valence-corrected chi connectivity index (χ1v) is 10.2. The highest BCUT2D eigenvalue weighted by molar-refractivity contribution is 6.04. The van der Waals surface area contributed by atoms with Gasteiger partial charge < -0.3 is 14.6 Å². The Morgan fingerprint density at radius 3 is 2.57 bits per heavy atom. The first-order chi connectivity index (χ1) is 14.7. The van der Waals surface area contributed by atoms with E-state index in [2.05, 4.69) is 47.1 Å². The van der Waals surface area contributed by atoms with Crippen molar-refractivity contribution in [2.24, 2.45) is 0 Å². The minimum atomic E-state index is -0.154. The van der Waals surface area contributed by atoms with Gasteiger partial charge in [0, 0.05) is 24.2 Å². The zero-order valence-electron chi connectivity index (χ0n) is 17.3. The van der Waals surface area contributed by atoms with Gasteiger partial charge in [-0.15, -0.1) is 0 Å². The van der Waals surface area contributed by atoms with E-state index in [4.69, 9.17) is 9.72 Å². The van der Waals surface area contributed by atoms with Crippen LogP contribution in [0.1, 0.15) is 28.7 Å². The van der Waals surface area contributed by atoms with Crippen molar-refractivity contribution in [3.63, 3.8) is 0 Å². The fourth-order valence-electron chi connectivity index (χ4n) is 3.65. The van der Waals surface area contributed by atoms with Crippen molar-refractivity contribution in [1.82, 2.24) is 9.55 Å². The molecular formula is C25H25N3O2. The Hall–Kier alpha value is -3.60. The standard InChI is InChI=1S/C25H25N3O2/c1-3-28-23-10-5-4-9-22(23)27-24(28)16-13-18-11-14-20(15-12-18)26-25(29)19-7-6-8-21(17-19)30-2/h4-12,14-15,17H,3,13,16H2,1-2H3,(H,26,29). The summed E-state index contributed by atoms with van der Waals surface area (Å²) in [5, 5.41) is 2.94. The van der Waals surface area contributed by atoms with Gasteiger partial charge in [-0.05, 0) is 61.4 Å². The van der Waals surface area contributed by atoms with E-state index in [-0.39, 0.29) is 5.91 Å². The van der Waals surface area contributed by atoms with Crippen LogP contribution in [0.4, 0.5) is 5.69 Å². The van der Waals surface area contributed by atoms with E-state index in [1.165, 1.54) is 11.1 Å². The fraction of sp³-hybridized carbons (Fsp3) is 0.200. The highest BCUT2D eigenvalue weighted by Crippen LogP contribution is 2.19. The number of nitrogens with one attached hydrogen (secondary N) is 1. The monoisotopic (exact) mass is 399 g/mol. The number of fused-ring (bicyclic) bond motifs is 1. The molecule has 0 bridgehead atoms. The van der Waals surface area contributed by atoms with E-state index in [0.29, 0.717) is 11.3 Å². The number of rotatable bonds is 7. The number of carbonyl (C=O) groups is 1. The van der Waals surface area contributed by atoms with Crippen LogP contribution in [-0.4, -0.2) is 22.6 Å². The Kier molecular flexibility index (Phi) is 5.80. The SMILES string of the molecule is CCn1c(CCc2ccc(NC(=O)c3cccc(OC)c3)cc2)nc2ccccc21. The van der Waals surface area contributed by atoms with Gasteiger partial charge in [0.25, 0.3) is 5.91 Å². The van der Waals surface area contributed by atoms with Crippen LogP contribution in [0.3, 0.4) is 0 Å². The normalized spacial score (nSPS) is 10.9. The molecule has 5 nitrogen and oxygen atoms in total. The Bertz CT molecular complexity index is 1160. The number of amides is 1. The zero-order chi connectivity index (χ0) is 20.9. The fourth-order valence-corrected chi connectivity index (χ4v) is 3.65. The number of imidazole rings is 1. The van der Waals surface area contributed by atoms with Crippen LogP contribution in [0.25, 0.3) is 11.0 Å². The average Bonchev–Trinajstić information content (AvgIpc) is 3.16. The Balaban J connectivity index is 1.41. The third-order valence-electron chi connectivity index (χ3n) is 5.23. The number of anilines is 1. The Labute approximate surface area is 176 Å². The summed E-state index contributed by atoms with van der Waals surface area (Å²) in [6, 6.07) is 23.4. The number of carbonyl (C=O) groups excluding carboxylic acids is 1. The predicted octanol–water partition coefficient (Wildman–Crippen LogP) is 5.10. The second kappa shape index (κ2) is 8.82. The molecule has 0 saturated heterocycles. The summed E-state index contributed by atoms with van der Waals surface area (Å²) in [6.07, 6.45) is 1.77. The number of ether oxygens (including phenoxy) is 1. The lowest BCUT2D eigenvalue weighted by Crippen LogP contribution is -2.11. The number of para-hydroxylation sites is 2. The van der Waals surface area contributed by atoms with Gasteiger partial charge in [0.05, 0.1) is 18.1 Å². The molecule has 1 amide bonds. The van der Waals surface area contributed by atoms with Crippen molar-refractivity contribution in [1.29, 1.82) is 0 Å². The lowest BCUT2D eigenvalue weighted by molar-refractivity contribution is 0.102. The molecule has 1 N–H and O–H groups in total. The first kappa shape index (κ1) is 19.7. The molecule has 152 valence electrons. The molecule has 0 saturated carbocycles. The van der Waals surface area contributed by atoms with Crippen LogP contribution in [0.15, 0.2) is 72.8 Å². The number of methoxy groups -OCH3 is 1. The molecule has 4 rings (SSSR count). The largest absolute Gasteiger partial charge is 0.497 e. The van der Waals surface area contributed by atoms with E-state index >= 15 is 0 Å². The van der Waals surface area contributed by atoms with Crippen LogP contribution in [0.2, 0.25) is 0 Å². The predicted molar refractivity (Wildman–Crippen MR) is 120 cm³/mol. The van der Waals surface area contributed by atoms with Gasteiger partial charge in [0.2, 0.25) is 0 Å². The molecular weight excluding hydrogens is 374 g/mol. The van der Waals surface area contributed by atoms with E-state index in [0.717, 1.165) is 36.4 Å². The van der Waals surface area contributed by atoms with Gasteiger partial charge in [-0.3, -0.25) is 4.79 Å². The van der Waals surface area contributed by atoms with Crippen molar-refractivity contribution < 1.29 is 9.53 Å². The van der Waals surface area contributed by atoms with Crippen LogP contribution >= 0.6 is 0 Å². The number of aryl methyl sites for hydroxylation is 3. The van der Waals surface area contributed by atoms with Crippen molar-refractivity contribution >= 4 is 22.6 Å². The highest BCUT2D eigenvalue weighted by Gasteiger charge is 2.10. The molecule has 0 atom stereocenters. The second-order valence-corrected chi connectivity index (χ2v) is 7.14. The summed E-state index contributed by atoms with van der Waals surface area (Å²) < 4.78 is 7.46. The molecule has 0 spiro atoms. The van der Waals surface area contributed by atoms with Crippen molar-refractivity contribution in [2.75, 3.05) is 12.4 Å². The van der Waals surface area contributed by atoms with E-state index in [9.17, 15) is 4.79 Å². The molecule has 0 aliphatic carbocycles. The van der Waals surface area contributed by atoms with Crippen LogP contribution < -0.4 is 10.1 Å². The lowest BCUT2D eigenvalue weighted by atomic mass is 10.1. The smallest absolute Gasteiger partial charge is 0.255 e. The van der Waals surface area contributed by atoms with E-state index in [1.807, 2.05) is 24.3 Å². The molecule has 4 aromatic rings. The summed E-state index contributed by atoms with van der Waals surface area (Å²) in [5.41, 5.74) is 4.78. The highest BCUT2D eigenvalue weighted by atomic mass is 16.5. The summed E-state index contributed by atoms with van der Waals surface area (Å²) >= 11 is 0. The van der Waals surface area contributed by atoms with Crippen LogP contribution in [0, 0.1) is 0 Å². The van der Waals surface area contributed by atoms with E-state index < -0.39 is 0 Å². The number of nitrogens with zero attached hydrogens (tertiary/aromatic N) is 2. The van der Waals surface area contributed by atoms with E-state index in [1.54, 1.807) is 25.3 Å². The molecule has 0 radical (unpaired) electrons. The zero-order valence-corrected chi connectivity index (χ0v) is 17.3. The third-order valence-corrected chi connectivity index (χ3v) is 5.23. The molecule has 5 heteroatoms. The number of aromatic nitrogens is 2. The first-order valence-electron chi connectivity index (χ1n) is 10.2. The van der Waals surface area contributed by atoms with Gasteiger partial charge in [0.15, 0.2) is 0 Å². The molecule has 0 aliphatic heterocycles. The third kappa shape index (κ3) is 4.20. The maximum atomic E-state index is 12.5.